The van der Waals surface area contributed by atoms with E-state index in [1.165, 1.54) is 6.08 Å². The minimum absolute atomic E-state index is 0.0664. The molecule has 110 valence electrons. The topological polar surface area (TPSA) is 41.9 Å². The van der Waals surface area contributed by atoms with Crippen LogP contribution >= 0.6 is 0 Å². The number of hydrogen-bond acceptors (Lipinski definition) is 4. The normalized spacial score (nSPS) is 16.6. The predicted octanol–water partition coefficient (Wildman–Crippen LogP) is 3.15. The molecule has 3 rings (SSSR count). The van der Waals surface area contributed by atoms with Crippen molar-refractivity contribution in [3.8, 4) is 5.75 Å². The molecule has 2 aromatic carbocycles. The second-order valence-electron chi connectivity index (χ2n) is 4.91. The number of nitrogens with zero attached hydrogens (tertiary/aromatic N) is 2. The maximum Gasteiger partial charge on any atom is 0.144 e. The third kappa shape index (κ3) is 2.63. The van der Waals surface area contributed by atoms with Crippen LogP contribution in [0.5, 0.6) is 5.75 Å². The second-order valence-corrected chi connectivity index (χ2v) is 4.91. The first-order valence-corrected chi connectivity index (χ1v) is 7.00. The molecule has 0 aliphatic carbocycles. The zero-order valence-electron chi connectivity index (χ0n) is 12.2. The van der Waals surface area contributed by atoms with Crippen LogP contribution in [0.15, 0.2) is 65.9 Å². The van der Waals surface area contributed by atoms with E-state index in [2.05, 4.69) is 11.2 Å². The van der Waals surface area contributed by atoms with E-state index in [4.69, 9.17) is 4.74 Å². The zero-order valence-corrected chi connectivity index (χ0v) is 12.2. The van der Waals surface area contributed by atoms with E-state index in [-0.39, 0.29) is 6.04 Å². The van der Waals surface area contributed by atoms with Crippen molar-refractivity contribution in [2.24, 2.45) is 5.10 Å². The summed E-state index contributed by atoms with van der Waals surface area (Å²) in [6.45, 7) is 0. The molecule has 1 unspecified atom stereocenters. The van der Waals surface area contributed by atoms with Gasteiger partial charge in [-0.2, -0.15) is 5.10 Å². The second kappa shape index (κ2) is 6.26. The first kappa shape index (κ1) is 14.1. The van der Waals surface area contributed by atoms with Crippen molar-refractivity contribution >= 4 is 12.5 Å². The Labute approximate surface area is 129 Å². The molecule has 0 fully saturated rings. The van der Waals surface area contributed by atoms with Crippen LogP contribution in [0.4, 0.5) is 0 Å². The van der Waals surface area contributed by atoms with Gasteiger partial charge in [-0.05, 0) is 29.3 Å². The minimum atomic E-state index is -0.0664. The van der Waals surface area contributed by atoms with E-state index in [1.54, 1.807) is 18.3 Å². The highest BCUT2D eigenvalue weighted by Crippen LogP contribution is 2.34. The lowest BCUT2D eigenvalue weighted by molar-refractivity contribution is -0.104. The Balaban J connectivity index is 2.06. The van der Waals surface area contributed by atoms with Gasteiger partial charge in [0.15, 0.2) is 0 Å². The fourth-order valence-corrected chi connectivity index (χ4v) is 2.58. The minimum Gasteiger partial charge on any atom is -0.497 e. The molecule has 2 aromatic rings. The van der Waals surface area contributed by atoms with E-state index >= 15 is 0 Å². The van der Waals surface area contributed by atoms with Crippen LogP contribution in [0.1, 0.15) is 22.7 Å². The summed E-state index contributed by atoms with van der Waals surface area (Å²) < 4.78 is 5.21. The van der Waals surface area contributed by atoms with Gasteiger partial charge in [0.05, 0.1) is 13.3 Å². The Morgan fingerprint density at radius 3 is 2.64 bits per heavy atom. The first-order chi connectivity index (χ1) is 10.8. The number of hydrogen-bond donors (Lipinski definition) is 0. The number of rotatable bonds is 4. The lowest BCUT2D eigenvalue weighted by Crippen LogP contribution is -2.24. The SMILES string of the molecule is COc1ccc(C2c3ccccc3C=NN2C=CC=O)cc1. The van der Waals surface area contributed by atoms with Crippen molar-refractivity contribution in [1.29, 1.82) is 0 Å². The predicted molar refractivity (Wildman–Crippen MR) is 85.9 cm³/mol. The molecule has 0 saturated heterocycles. The number of benzene rings is 2. The maximum absolute atomic E-state index is 10.6. The van der Waals surface area contributed by atoms with Crippen LogP contribution in [0.3, 0.4) is 0 Å². The molecule has 0 radical (unpaired) electrons. The van der Waals surface area contributed by atoms with Crippen molar-refractivity contribution in [2.75, 3.05) is 7.11 Å². The number of methoxy groups -OCH3 is 1. The fourth-order valence-electron chi connectivity index (χ4n) is 2.58. The van der Waals surface area contributed by atoms with Gasteiger partial charge in [0, 0.05) is 11.8 Å². The molecule has 0 bridgehead atoms. The molecule has 1 atom stereocenters. The van der Waals surface area contributed by atoms with Crippen molar-refractivity contribution in [1.82, 2.24) is 5.01 Å². The lowest BCUT2D eigenvalue weighted by Gasteiger charge is -2.31. The molecular weight excluding hydrogens is 276 g/mol. The first-order valence-electron chi connectivity index (χ1n) is 7.00. The number of aldehydes is 1. The third-order valence-corrected chi connectivity index (χ3v) is 3.63. The molecule has 0 N–H and O–H groups in total. The highest BCUT2D eigenvalue weighted by Gasteiger charge is 2.24. The van der Waals surface area contributed by atoms with Crippen molar-refractivity contribution in [3.05, 3.63) is 77.5 Å². The Morgan fingerprint density at radius 1 is 1.14 bits per heavy atom. The summed E-state index contributed by atoms with van der Waals surface area (Å²) in [5, 5.41) is 6.23. The Hall–Kier alpha value is -2.88. The Kier molecular flexibility index (Phi) is 4.01. The molecular formula is C18H16N2O2. The number of carbonyl (C=O) groups excluding carboxylic acids is 1. The summed E-state index contributed by atoms with van der Waals surface area (Å²) >= 11 is 0. The molecule has 1 aliphatic heterocycles. The van der Waals surface area contributed by atoms with Gasteiger partial charge in [-0.25, -0.2) is 0 Å². The Morgan fingerprint density at radius 2 is 1.91 bits per heavy atom. The van der Waals surface area contributed by atoms with E-state index in [0.29, 0.717) is 0 Å². The van der Waals surface area contributed by atoms with Gasteiger partial charge >= 0.3 is 0 Å². The molecule has 0 spiro atoms. The van der Waals surface area contributed by atoms with Crippen molar-refractivity contribution in [2.45, 2.75) is 6.04 Å². The fraction of sp³-hybridized carbons (Fsp3) is 0.111. The quantitative estimate of drug-likeness (QED) is 0.642. The molecule has 4 nitrogen and oxygen atoms in total. The van der Waals surface area contributed by atoms with Gasteiger partial charge in [-0.1, -0.05) is 36.4 Å². The van der Waals surface area contributed by atoms with E-state index in [0.717, 1.165) is 28.7 Å². The third-order valence-electron chi connectivity index (χ3n) is 3.63. The standard InChI is InChI=1S/C18H16N2O2/c1-22-16-9-7-14(8-10-16)18-17-6-3-2-5-15(17)13-19-20(18)11-4-12-21/h2-13,18H,1H3. The number of allylic oxidation sites excluding steroid dienone is 1. The maximum atomic E-state index is 10.6. The summed E-state index contributed by atoms with van der Waals surface area (Å²) in [6.07, 6.45) is 5.70. The van der Waals surface area contributed by atoms with Gasteiger partial charge in [0.25, 0.3) is 0 Å². The highest BCUT2D eigenvalue weighted by molar-refractivity contribution is 5.83. The van der Waals surface area contributed by atoms with Crippen LogP contribution in [-0.2, 0) is 4.79 Å². The lowest BCUT2D eigenvalue weighted by atomic mass is 9.93. The molecule has 4 heteroatoms. The van der Waals surface area contributed by atoms with Crippen LogP contribution in [0.2, 0.25) is 0 Å². The van der Waals surface area contributed by atoms with Crippen LogP contribution in [0, 0.1) is 0 Å². The van der Waals surface area contributed by atoms with Crippen molar-refractivity contribution < 1.29 is 9.53 Å². The molecule has 1 aliphatic rings. The number of fused-ring (bicyclic) bond motifs is 1. The monoisotopic (exact) mass is 292 g/mol. The molecule has 0 aromatic heterocycles. The number of carbonyl (C=O) groups is 1. The summed E-state index contributed by atoms with van der Waals surface area (Å²) in [5.41, 5.74) is 3.32. The molecule has 0 amide bonds. The highest BCUT2D eigenvalue weighted by atomic mass is 16.5. The molecule has 0 saturated carbocycles. The summed E-state index contributed by atoms with van der Waals surface area (Å²) in [7, 11) is 1.65. The van der Waals surface area contributed by atoms with Crippen LogP contribution in [0.25, 0.3) is 0 Å². The van der Waals surface area contributed by atoms with Gasteiger partial charge in [-0.15, -0.1) is 0 Å². The summed E-state index contributed by atoms with van der Waals surface area (Å²) in [6, 6.07) is 15.9. The van der Waals surface area contributed by atoms with Crippen LogP contribution < -0.4 is 4.74 Å². The smallest absolute Gasteiger partial charge is 0.144 e. The van der Waals surface area contributed by atoms with Gasteiger partial charge in [0.1, 0.15) is 18.1 Å². The van der Waals surface area contributed by atoms with E-state index < -0.39 is 0 Å². The van der Waals surface area contributed by atoms with Gasteiger partial charge in [-0.3, -0.25) is 9.80 Å². The number of ether oxygens (including phenoxy) is 1. The van der Waals surface area contributed by atoms with E-state index in [1.807, 2.05) is 48.7 Å². The Bertz CT molecular complexity index is 720. The number of hydrazone groups is 1. The van der Waals surface area contributed by atoms with Gasteiger partial charge in [0.2, 0.25) is 0 Å². The van der Waals surface area contributed by atoms with E-state index in [9.17, 15) is 4.79 Å². The molecule has 1 heterocycles. The molecule has 22 heavy (non-hydrogen) atoms. The average Bonchev–Trinajstić information content (AvgIpc) is 2.59. The van der Waals surface area contributed by atoms with Crippen molar-refractivity contribution in [3.63, 3.8) is 0 Å². The summed E-state index contributed by atoms with van der Waals surface area (Å²) in [4.78, 5) is 10.6. The largest absolute Gasteiger partial charge is 0.497 e. The van der Waals surface area contributed by atoms with Gasteiger partial charge < -0.3 is 4.74 Å². The van der Waals surface area contributed by atoms with Crippen LogP contribution in [-0.4, -0.2) is 24.6 Å². The summed E-state index contributed by atoms with van der Waals surface area (Å²) in [5.74, 6) is 0.811. The average molecular weight is 292 g/mol. The zero-order chi connectivity index (χ0) is 15.4.